The third kappa shape index (κ3) is 6.32. The number of unbranched alkanes of at least 4 members (excludes halogenated alkanes) is 1. The van der Waals surface area contributed by atoms with Crippen LogP contribution in [0.4, 0.5) is 5.69 Å². The molecule has 31 heavy (non-hydrogen) atoms. The number of nitrogens with one attached hydrogen (secondary N) is 1. The van der Waals surface area contributed by atoms with Gasteiger partial charge >= 0.3 is 0 Å². The Labute approximate surface area is 190 Å². The van der Waals surface area contributed by atoms with Crippen molar-refractivity contribution in [1.82, 2.24) is 9.62 Å². The SMILES string of the molecule is CNS(=O)(=O)c1cc(C(=O)CCCCN2CCN(c3ccccc3)CC2)ccc1SC. The molecule has 0 radical (unpaired) electrons. The zero-order valence-corrected chi connectivity index (χ0v) is 19.8. The van der Waals surface area contributed by atoms with E-state index < -0.39 is 10.0 Å². The molecule has 0 amide bonds. The first-order valence-corrected chi connectivity index (χ1v) is 13.3. The van der Waals surface area contributed by atoms with Gasteiger partial charge in [0.15, 0.2) is 5.78 Å². The number of hydrogen-bond donors (Lipinski definition) is 1. The molecule has 0 atom stereocenters. The topological polar surface area (TPSA) is 69.7 Å². The number of piperazine rings is 1. The smallest absolute Gasteiger partial charge is 0.241 e. The van der Waals surface area contributed by atoms with Gasteiger partial charge in [-0.2, -0.15) is 0 Å². The summed E-state index contributed by atoms with van der Waals surface area (Å²) < 4.78 is 26.9. The molecule has 1 saturated heterocycles. The van der Waals surface area contributed by atoms with Crippen LogP contribution in [0.1, 0.15) is 29.6 Å². The van der Waals surface area contributed by atoms with E-state index in [0.29, 0.717) is 16.9 Å². The van der Waals surface area contributed by atoms with Gasteiger partial charge in [-0.3, -0.25) is 9.69 Å². The summed E-state index contributed by atoms with van der Waals surface area (Å²) in [6, 6.07) is 15.4. The van der Waals surface area contributed by atoms with Crippen molar-refractivity contribution in [3.8, 4) is 0 Å². The van der Waals surface area contributed by atoms with Crippen LogP contribution in [-0.2, 0) is 10.0 Å². The number of hydrogen-bond acceptors (Lipinski definition) is 6. The van der Waals surface area contributed by atoms with Crippen LogP contribution in [0, 0.1) is 0 Å². The lowest BCUT2D eigenvalue weighted by molar-refractivity contribution is 0.0977. The van der Waals surface area contributed by atoms with Gasteiger partial charge in [-0.15, -0.1) is 11.8 Å². The minimum atomic E-state index is -3.60. The molecule has 1 aliphatic rings. The van der Waals surface area contributed by atoms with Crippen LogP contribution in [0.15, 0.2) is 58.3 Å². The van der Waals surface area contributed by atoms with E-state index in [-0.39, 0.29) is 10.7 Å². The zero-order valence-electron chi connectivity index (χ0n) is 18.2. The van der Waals surface area contributed by atoms with Crippen LogP contribution in [0.25, 0.3) is 0 Å². The predicted molar refractivity (Wildman–Crippen MR) is 128 cm³/mol. The van der Waals surface area contributed by atoms with Crippen molar-refractivity contribution in [2.24, 2.45) is 0 Å². The molecule has 2 aromatic carbocycles. The molecular weight excluding hydrogens is 430 g/mol. The van der Waals surface area contributed by atoms with Crippen molar-refractivity contribution in [3.63, 3.8) is 0 Å². The standard InChI is InChI=1S/C23H31N3O3S2/c1-24-31(28,29)23-18-19(11-12-22(23)30-2)21(27)10-6-7-13-25-14-16-26(17-15-25)20-8-4-3-5-9-20/h3-5,8-9,11-12,18,24H,6-7,10,13-17H2,1-2H3. The van der Waals surface area contributed by atoms with Crippen molar-refractivity contribution >= 4 is 33.3 Å². The summed E-state index contributed by atoms with van der Waals surface area (Å²) in [6.07, 6.45) is 4.02. The van der Waals surface area contributed by atoms with E-state index in [9.17, 15) is 13.2 Å². The van der Waals surface area contributed by atoms with Gasteiger partial charge in [0.2, 0.25) is 10.0 Å². The maximum atomic E-state index is 12.6. The quantitative estimate of drug-likeness (QED) is 0.332. The highest BCUT2D eigenvalue weighted by Gasteiger charge is 2.20. The summed E-state index contributed by atoms with van der Waals surface area (Å²) in [4.78, 5) is 18.3. The number of thioether (sulfide) groups is 1. The van der Waals surface area contributed by atoms with Crippen LogP contribution < -0.4 is 9.62 Å². The second-order valence-electron chi connectivity index (χ2n) is 7.62. The van der Waals surface area contributed by atoms with Crippen molar-refractivity contribution in [3.05, 3.63) is 54.1 Å². The average molecular weight is 462 g/mol. The average Bonchev–Trinajstić information content (AvgIpc) is 2.82. The fourth-order valence-electron chi connectivity index (χ4n) is 3.80. The number of para-hydroxylation sites is 1. The van der Waals surface area contributed by atoms with Crippen molar-refractivity contribution in [1.29, 1.82) is 0 Å². The van der Waals surface area contributed by atoms with E-state index in [1.165, 1.54) is 30.6 Å². The molecule has 168 valence electrons. The molecule has 0 unspecified atom stereocenters. The van der Waals surface area contributed by atoms with Gasteiger partial charge in [0.1, 0.15) is 0 Å². The van der Waals surface area contributed by atoms with Gasteiger partial charge in [-0.25, -0.2) is 13.1 Å². The largest absolute Gasteiger partial charge is 0.369 e. The monoisotopic (exact) mass is 461 g/mol. The lowest BCUT2D eigenvalue weighted by Gasteiger charge is -2.36. The molecule has 6 nitrogen and oxygen atoms in total. The van der Waals surface area contributed by atoms with Crippen LogP contribution in [0.2, 0.25) is 0 Å². The number of nitrogens with zero attached hydrogens (tertiary/aromatic N) is 2. The van der Waals surface area contributed by atoms with Gasteiger partial charge in [0.05, 0.1) is 4.90 Å². The zero-order chi connectivity index (χ0) is 22.3. The lowest BCUT2D eigenvalue weighted by atomic mass is 10.1. The number of carbonyl (C=O) groups is 1. The fourth-order valence-corrected chi connectivity index (χ4v) is 5.68. The Morgan fingerprint density at radius 2 is 1.74 bits per heavy atom. The summed E-state index contributed by atoms with van der Waals surface area (Å²) >= 11 is 1.35. The minimum Gasteiger partial charge on any atom is -0.369 e. The molecule has 0 bridgehead atoms. The van der Waals surface area contributed by atoms with Gasteiger partial charge in [-0.05, 0) is 57.0 Å². The first kappa shape index (κ1) is 23.8. The highest BCUT2D eigenvalue weighted by atomic mass is 32.2. The third-order valence-electron chi connectivity index (χ3n) is 5.67. The number of sulfonamides is 1. The second-order valence-corrected chi connectivity index (χ2v) is 10.3. The Kier molecular flexibility index (Phi) is 8.54. The van der Waals surface area contributed by atoms with E-state index in [1.807, 2.05) is 12.3 Å². The minimum absolute atomic E-state index is 0.00546. The predicted octanol–water partition coefficient (Wildman–Crippen LogP) is 3.49. The second kappa shape index (κ2) is 11.1. The summed E-state index contributed by atoms with van der Waals surface area (Å²) in [5.41, 5.74) is 1.74. The molecule has 1 aliphatic heterocycles. The Hall–Kier alpha value is -1.87. The Balaban J connectivity index is 1.45. The van der Waals surface area contributed by atoms with E-state index in [0.717, 1.165) is 45.6 Å². The van der Waals surface area contributed by atoms with E-state index in [4.69, 9.17) is 0 Å². The Morgan fingerprint density at radius 3 is 2.39 bits per heavy atom. The van der Waals surface area contributed by atoms with Crippen LogP contribution in [-0.4, -0.2) is 65.1 Å². The Bertz CT molecular complexity index is 973. The first-order valence-electron chi connectivity index (χ1n) is 10.6. The summed E-state index contributed by atoms with van der Waals surface area (Å²) in [5.74, 6) is -0.00546. The molecule has 1 N–H and O–H groups in total. The van der Waals surface area contributed by atoms with E-state index in [1.54, 1.807) is 12.1 Å². The summed E-state index contributed by atoms with van der Waals surface area (Å²) in [5, 5.41) is 0. The summed E-state index contributed by atoms with van der Waals surface area (Å²) in [6.45, 7) is 5.09. The van der Waals surface area contributed by atoms with Gasteiger partial charge in [0, 0.05) is 48.7 Å². The summed E-state index contributed by atoms with van der Waals surface area (Å²) in [7, 11) is -2.21. The van der Waals surface area contributed by atoms with Crippen LogP contribution >= 0.6 is 11.8 Å². The molecule has 1 heterocycles. The number of carbonyl (C=O) groups excluding carboxylic acids is 1. The van der Waals surface area contributed by atoms with Crippen molar-refractivity contribution in [2.45, 2.75) is 29.1 Å². The highest BCUT2D eigenvalue weighted by Crippen LogP contribution is 2.26. The third-order valence-corrected chi connectivity index (χ3v) is 8.04. The molecule has 8 heteroatoms. The molecule has 0 saturated carbocycles. The van der Waals surface area contributed by atoms with Gasteiger partial charge in [-0.1, -0.05) is 24.3 Å². The normalized spacial score (nSPS) is 15.2. The first-order chi connectivity index (χ1) is 14.9. The fraction of sp³-hybridized carbons (Fsp3) is 0.435. The maximum absolute atomic E-state index is 12.6. The molecule has 0 aromatic heterocycles. The number of Topliss-reactive ketones (excluding diaryl/α,β-unsaturated/α-hetero) is 1. The van der Waals surface area contributed by atoms with Crippen molar-refractivity contribution in [2.75, 3.05) is 50.9 Å². The van der Waals surface area contributed by atoms with Gasteiger partial charge in [0.25, 0.3) is 0 Å². The number of ketones is 1. The molecule has 1 fully saturated rings. The van der Waals surface area contributed by atoms with Crippen LogP contribution in [0.5, 0.6) is 0 Å². The molecule has 2 aromatic rings. The number of benzene rings is 2. The molecule has 0 spiro atoms. The van der Waals surface area contributed by atoms with Crippen LogP contribution in [0.3, 0.4) is 0 Å². The van der Waals surface area contributed by atoms with E-state index >= 15 is 0 Å². The number of rotatable bonds is 10. The maximum Gasteiger partial charge on any atom is 0.241 e. The molecule has 3 rings (SSSR count). The lowest BCUT2D eigenvalue weighted by Crippen LogP contribution is -2.46. The Morgan fingerprint density at radius 1 is 1.03 bits per heavy atom. The number of anilines is 1. The van der Waals surface area contributed by atoms with E-state index in [2.05, 4.69) is 38.8 Å². The van der Waals surface area contributed by atoms with Crippen molar-refractivity contribution < 1.29 is 13.2 Å². The highest BCUT2D eigenvalue weighted by molar-refractivity contribution is 7.99. The molecule has 0 aliphatic carbocycles. The van der Waals surface area contributed by atoms with Gasteiger partial charge < -0.3 is 4.90 Å². The molecular formula is C23H31N3O3S2.